The summed E-state index contributed by atoms with van der Waals surface area (Å²) in [6.07, 6.45) is -1.99. The van der Waals surface area contributed by atoms with E-state index in [1.807, 2.05) is 11.0 Å². The predicted molar refractivity (Wildman–Crippen MR) is 60.0 cm³/mol. The molecular formula is C13H11F3N2. The van der Waals surface area contributed by atoms with E-state index in [0.29, 0.717) is 11.1 Å². The molecule has 0 N–H and O–H groups in total. The molecule has 0 atom stereocenters. The van der Waals surface area contributed by atoms with Crippen LogP contribution in [0.4, 0.5) is 18.9 Å². The van der Waals surface area contributed by atoms with Gasteiger partial charge in [-0.05, 0) is 31.0 Å². The Morgan fingerprint density at radius 1 is 1.22 bits per heavy atom. The van der Waals surface area contributed by atoms with Crippen molar-refractivity contribution in [3.63, 3.8) is 0 Å². The number of alkyl halides is 3. The molecule has 0 bridgehead atoms. The van der Waals surface area contributed by atoms with Gasteiger partial charge in [-0.25, -0.2) is 0 Å². The summed E-state index contributed by atoms with van der Waals surface area (Å²) in [5.74, 6) is 0. The largest absolute Gasteiger partial charge is 0.416 e. The number of benzene rings is 1. The first-order valence-electron chi connectivity index (χ1n) is 5.80. The second kappa shape index (κ2) is 3.41. The zero-order valence-corrected chi connectivity index (χ0v) is 9.59. The molecule has 5 heteroatoms. The van der Waals surface area contributed by atoms with Crippen molar-refractivity contribution >= 4 is 5.69 Å². The van der Waals surface area contributed by atoms with E-state index in [1.54, 1.807) is 0 Å². The minimum Gasteiger partial charge on any atom is -0.369 e. The van der Waals surface area contributed by atoms with E-state index in [2.05, 4.69) is 0 Å². The van der Waals surface area contributed by atoms with Gasteiger partial charge in [0.15, 0.2) is 0 Å². The third-order valence-corrected chi connectivity index (χ3v) is 3.79. The first-order chi connectivity index (χ1) is 8.43. The molecular weight excluding hydrogens is 241 g/mol. The summed E-state index contributed by atoms with van der Waals surface area (Å²) in [6, 6.07) is 5.26. The van der Waals surface area contributed by atoms with Gasteiger partial charge in [-0.3, -0.25) is 0 Å². The lowest BCUT2D eigenvalue weighted by Gasteiger charge is -2.42. The molecule has 2 fully saturated rings. The Hall–Kier alpha value is -1.70. The van der Waals surface area contributed by atoms with Gasteiger partial charge in [-0.2, -0.15) is 18.4 Å². The zero-order chi connectivity index (χ0) is 13.0. The maximum atomic E-state index is 12.5. The van der Waals surface area contributed by atoms with Crippen molar-refractivity contribution in [3.05, 3.63) is 29.3 Å². The van der Waals surface area contributed by atoms with Gasteiger partial charge in [-0.1, -0.05) is 0 Å². The molecule has 1 aromatic rings. The molecule has 0 aromatic heterocycles. The lowest BCUT2D eigenvalue weighted by Crippen LogP contribution is -2.48. The lowest BCUT2D eigenvalue weighted by atomic mass is 9.94. The van der Waals surface area contributed by atoms with Crippen molar-refractivity contribution in [3.8, 4) is 6.07 Å². The van der Waals surface area contributed by atoms with Crippen molar-refractivity contribution in [1.29, 1.82) is 5.26 Å². The molecule has 1 saturated heterocycles. The monoisotopic (exact) mass is 252 g/mol. The molecule has 1 aliphatic heterocycles. The number of hydrogen-bond acceptors (Lipinski definition) is 2. The first-order valence-corrected chi connectivity index (χ1v) is 5.80. The van der Waals surface area contributed by atoms with Crippen LogP contribution < -0.4 is 4.90 Å². The van der Waals surface area contributed by atoms with Crippen LogP contribution in [-0.4, -0.2) is 13.1 Å². The molecule has 18 heavy (non-hydrogen) atoms. The van der Waals surface area contributed by atoms with Crippen LogP contribution in [0.1, 0.15) is 24.0 Å². The third-order valence-electron chi connectivity index (χ3n) is 3.79. The molecule has 1 saturated carbocycles. The number of nitriles is 1. The highest BCUT2D eigenvalue weighted by Crippen LogP contribution is 2.54. The Balaban J connectivity index is 1.89. The van der Waals surface area contributed by atoms with Gasteiger partial charge in [0.2, 0.25) is 0 Å². The van der Waals surface area contributed by atoms with Crippen LogP contribution in [0.5, 0.6) is 0 Å². The first kappa shape index (κ1) is 11.4. The van der Waals surface area contributed by atoms with Crippen LogP contribution in [0.25, 0.3) is 0 Å². The fourth-order valence-electron chi connectivity index (χ4n) is 2.50. The minimum atomic E-state index is -4.39. The van der Waals surface area contributed by atoms with E-state index in [4.69, 9.17) is 5.26 Å². The standard InChI is InChI=1S/C13H11F3N2/c14-13(15,16)10-1-2-11(9(5-10)6-17)18-7-12(8-18)3-4-12/h1-2,5H,3-4,7-8H2. The second-order valence-electron chi connectivity index (χ2n) is 5.20. The molecule has 1 aliphatic carbocycles. The van der Waals surface area contributed by atoms with Crippen LogP contribution in [-0.2, 0) is 6.18 Å². The summed E-state index contributed by atoms with van der Waals surface area (Å²) >= 11 is 0. The third kappa shape index (κ3) is 1.72. The summed E-state index contributed by atoms with van der Waals surface area (Å²) in [4.78, 5) is 1.99. The molecule has 0 amide bonds. The molecule has 1 spiro atoms. The number of rotatable bonds is 1. The Morgan fingerprint density at radius 3 is 2.39 bits per heavy atom. The Kier molecular flexibility index (Phi) is 2.16. The van der Waals surface area contributed by atoms with Crippen molar-refractivity contribution in [2.24, 2.45) is 5.41 Å². The molecule has 94 valence electrons. The number of nitrogens with zero attached hydrogens (tertiary/aromatic N) is 2. The summed E-state index contributed by atoms with van der Waals surface area (Å²) < 4.78 is 37.6. The van der Waals surface area contributed by atoms with Crippen molar-refractivity contribution < 1.29 is 13.2 Å². The lowest BCUT2D eigenvalue weighted by molar-refractivity contribution is -0.137. The molecule has 0 radical (unpaired) electrons. The fraction of sp³-hybridized carbons (Fsp3) is 0.462. The number of hydrogen-bond donors (Lipinski definition) is 0. The van der Waals surface area contributed by atoms with Gasteiger partial charge in [-0.15, -0.1) is 0 Å². The highest BCUT2D eigenvalue weighted by molar-refractivity contribution is 5.63. The van der Waals surface area contributed by atoms with Crippen LogP contribution in [0.2, 0.25) is 0 Å². The molecule has 3 rings (SSSR count). The average Bonchev–Trinajstić information content (AvgIpc) is 3.05. The number of anilines is 1. The van der Waals surface area contributed by atoms with E-state index in [-0.39, 0.29) is 5.56 Å². The average molecular weight is 252 g/mol. The summed E-state index contributed by atoms with van der Waals surface area (Å²) in [5, 5.41) is 8.98. The molecule has 2 nitrogen and oxygen atoms in total. The zero-order valence-electron chi connectivity index (χ0n) is 9.59. The Morgan fingerprint density at radius 2 is 1.89 bits per heavy atom. The van der Waals surface area contributed by atoms with Gasteiger partial charge in [0, 0.05) is 18.5 Å². The van der Waals surface area contributed by atoms with Crippen LogP contribution >= 0.6 is 0 Å². The van der Waals surface area contributed by atoms with Gasteiger partial charge >= 0.3 is 6.18 Å². The summed E-state index contributed by atoms with van der Waals surface area (Å²) in [5.41, 5.74) is 0.392. The second-order valence-corrected chi connectivity index (χ2v) is 5.20. The highest BCUT2D eigenvalue weighted by atomic mass is 19.4. The van der Waals surface area contributed by atoms with Crippen molar-refractivity contribution in [2.75, 3.05) is 18.0 Å². The highest BCUT2D eigenvalue weighted by Gasteiger charge is 2.52. The maximum absolute atomic E-state index is 12.5. The summed E-state index contributed by atoms with van der Waals surface area (Å²) in [6.45, 7) is 1.74. The Bertz CT molecular complexity index is 530. The molecule has 0 unspecified atom stereocenters. The Labute approximate surface area is 103 Å². The van der Waals surface area contributed by atoms with E-state index in [0.717, 1.165) is 25.2 Å². The van der Waals surface area contributed by atoms with Crippen LogP contribution in [0, 0.1) is 16.7 Å². The summed E-state index contributed by atoms with van der Waals surface area (Å²) in [7, 11) is 0. The number of halogens is 3. The maximum Gasteiger partial charge on any atom is 0.416 e. The van der Waals surface area contributed by atoms with Crippen molar-refractivity contribution in [2.45, 2.75) is 19.0 Å². The van der Waals surface area contributed by atoms with E-state index in [9.17, 15) is 13.2 Å². The van der Waals surface area contributed by atoms with Crippen molar-refractivity contribution in [1.82, 2.24) is 0 Å². The predicted octanol–water partition coefficient (Wildman–Crippen LogP) is 3.18. The molecule has 1 aromatic carbocycles. The fourth-order valence-corrected chi connectivity index (χ4v) is 2.50. The van der Waals surface area contributed by atoms with Crippen LogP contribution in [0.3, 0.4) is 0 Å². The van der Waals surface area contributed by atoms with Crippen LogP contribution in [0.15, 0.2) is 18.2 Å². The molecule has 1 heterocycles. The van der Waals surface area contributed by atoms with E-state index in [1.165, 1.54) is 18.9 Å². The van der Waals surface area contributed by atoms with Gasteiger partial charge in [0.05, 0.1) is 16.8 Å². The minimum absolute atomic E-state index is 0.111. The van der Waals surface area contributed by atoms with Gasteiger partial charge in [0.25, 0.3) is 0 Å². The van der Waals surface area contributed by atoms with E-state index < -0.39 is 11.7 Å². The van der Waals surface area contributed by atoms with E-state index >= 15 is 0 Å². The normalized spacial score (nSPS) is 20.4. The SMILES string of the molecule is N#Cc1cc(C(F)(F)F)ccc1N1CC2(CC2)C1. The smallest absolute Gasteiger partial charge is 0.369 e. The molecule has 2 aliphatic rings. The quantitative estimate of drug-likeness (QED) is 0.767. The van der Waals surface area contributed by atoms with Gasteiger partial charge in [0.1, 0.15) is 6.07 Å². The topological polar surface area (TPSA) is 27.0 Å². The van der Waals surface area contributed by atoms with Gasteiger partial charge < -0.3 is 4.90 Å².